The van der Waals surface area contributed by atoms with Crippen LogP contribution >= 0.6 is 0 Å². The van der Waals surface area contributed by atoms with E-state index < -0.39 is 0 Å². The molecule has 0 fully saturated rings. The van der Waals surface area contributed by atoms with Crippen LogP contribution in [0.3, 0.4) is 0 Å². The Kier molecular flexibility index (Phi) is 18.1. The summed E-state index contributed by atoms with van der Waals surface area (Å²) < 4.78 is 0. The molecule has 0 heterocycles. The van der Waals surface area contributed by atoms with Crippen LogP contribution in [-0.2, 0) is 0 Å². The van der Waals surface area contributed by atoms with Crippen molar-refractivity contribution in [2.24, 2.45) is 0 Å². The lowest BCUT2D eigenvalue weighted by atomic mass is 10.2. The highest BCUT2D eigenvalue weighted by molar-refractivity contribution is 5.33. The Morgan fingerprint density at radius 3 is 0.686 bits per heavy atom. The molecule has 0 heteroatoms. The van der Waals surface area contributed by atoms with Crippen LogP contribution in [0, 0.1) is 0 Å². The van der Waals surface area contributed by atoms with E-state index in [1.165, 1.54) is 39.0 Å². The molecule has 0 aromatic carbocycles. The van der Waals surface area contributed by atoms with Crippen LogP contribution < -0.4 is 0 Å². The van der Waals surface area contributed by atoms with Gasteiger partial charge in [0, 0.05) is 0 Å². The third-order valence-corrected chi connectivity index (χ3v) is 4.56. The zero-order valence-electron chi connectivity index (χ0n) is 23.5. The van der Waals surface area contributed by atoms with Crippen molar-refractivity contribution >= 4 is 0 Å². The largest absolute Gasteiger partial charge is 0.0764 e. The summed E-state index contributed by atoms with van der Waals surface area (Å²) in [6.45, 7) is 18.9. The Hall–Kier alpha value is -3.38. The SMILES string of the molecule is CC(C)=CC=CC(C)=CC=CC(C)=CC=CC=C(C)C=CC=C(C)C=CC=C(C)C=CC=C(C)C. The maximum absolute atomic E-state index is 2.12. The summed E-state index contributed by atoms with van der Waals surface area (Å²) in [4.78, 5) is 0. The van der Waals surface area contributed by atoms with Gasteiger partial charge in [0.1, 0.15) is 0 Å². The summed E-state index contributed by atoms with van der Waals surface area (Å²) in [5, 5.41) is 0. The third kappa shape index (κ3) is 22.2. The van der Waals surface area contributed by atoms with Gasteiger partial charge in [-0.2, -0.15) is 0 Å². The van der Waals surface area contributed by atoms with Crippen LogP contribution in [0.1, 0.15) is 62.3 Å². The minimum atomic E-state index is 1.21. The predicted molar refractivity (Wildman–Crippen MR) is 162 cm³/mol. The van der Waals surface area contributed by atoms with E-state index >= 15 is 0 Å². The Balaban J connectivity index is 4.75. The first kappa shape index (κ1) is 31.6. The van der Waals surface area contributed by atoms with Crippen molar-refractivity contribution in [1.29, 1.82) is 0 Å². The Bertz CT molecular complexity index is 1030. The van der Waals surface area contributed by atoms with Gasteiger partial charge < -0.3 is 0 Å². The molecule has 0 rings (SSSR count). The van der Waals surface area contributed by atoms with Crippen LogP contribution in [0.25, 0.3) is 0 Å². The van der Waals surface area contributed by atoms with E-state index in [-0.39, 0.29) is 0 Å². The molecule has 0 saturated carbocycles. The molecule has 0 spiro atoms. The standard InChI is InChI=1S/C35H46/c1-29(2)17-12-21-33(7)25-14-23-31(5)19-10-11-20-32(6)24-15-27-35(9)28-16-26-34(8)22-13-18-30(3)4/h10-28H,1-9H3. The van der Waals surface area contributed by atoms with E-state index in [9.17, 15) is 0 Å². The lowest BCUT2D eigenvalue weighted by Gasteiger charge is -1.91. The summed E-state index contributed by atoms with van der Waals surface area (Å²) >= 11 is 0. The molecule has 0 N–H and O–H groups in total. The molecule has 0 aromatic heterocycles. The third-order valence-electron chi connectivity index (χ3n) is 4.56. The zero-order chi connectivity index (χ0) is 26.5. The van der Waals surface area contributed by atoms with Crippen molar-refractivity contribution in [3.8, 4) is 0 Å². The van der Waals surface area contributed by atoms with Gasteiger partial charge in [-0.15, -0.1) is 0 Å². The second-order valence-electron chi connectivity index (χ2n) is 9.22. The molecular weight excluding hydrogens is 420 g/mol. The van der Waals surface area contributed by atoms with E-state index in [1.807, 2.05) is 0 Å². The van der Waals surface area contributed by atoms with Crippen LogP contribution in [0.15, 0.2) is 154 Å². The van der Waals surface area contributed by atoms with Gasteiger partial charge in [0.15, 0.2) is 0 Å². The summed E-state index contributed by atoms with van der Waals surface area (Å²) in [5.74, 6) is 0. The highest BCUT2D eigenvalue weighted by Gasteiger charge is 1.83. The lowest BCUT2D eigenvalue weighted by Crippen LogP contribution is -1.70. The molecule has 186 valence electrons. The molecule has 0 atom stereocenters. The maximum Gasteiger partial charge on any atom is -0.0398 e. The topological polar surface area (TPSA) is 0 Å². The minimum absolute atomic E-state index is 1.21. The Morgan fingerprint density at radius 2 is 0.457 bits per heavy atom. The first-order chi connectivity index (χ1) is 16.6. The molecule has 0 bridgehead atoms. The van der Waals surface area contributed by atoms with Crippen molar-refractivity contribution in [3.05, 3.63) is 154 Å². The minimum Gasteiger partial charge on any atom is -0.0764 e. The fourth-order valence-electron chi connectivity index (χ4n) is 2.53. The normalized spacial score (nSPS) is 15.2. The van der Waals surface area contributed by atoms with E-state index in [4.69, 9.17) is 0 Å². The van der Waals surface area contributed by atoms with Gasteiger partial charge in [-0.25, -0.2) is 0 Å². The van der Waals surface area contributed by atoms with Gasteiger partial charge in [0.2, 0.25) is 0 Å². The summed E-state index contributed by atoms with van der Waals surface area (Å²) in [5.41, 5.74) is 8.69. The number of hydrogen-bond acceptors (Lipinski definition) is 0. The predicted octanol–water partition coefficient (Wildman–Crippen LogP) is 11.0. The van der Waals surface area contributed by atoms with Crippen LogP contribution in [-0.4, -0.2) is 0 Å². The molecule has 0 nitrogen and oxygen atoms in total. The van der Waals surface area contributed by atoms with Gasteiger partial charge in [-0.1, -0.05) is 154 Å². The number of allylic oxidation sites excluding steroid dienone is 26. The molecular formula is C35H46. The highest BCUT2D eigenvalue weighted by Crippen LogP contribution is 2.04. The summed E-state index contributed by atoms with van der Waals surface area (Å²) in [6, 6.07) is 0. The smallest absolute Gasteiger partial charge is 0.0398 e. The van der Waals surface area contributed by atoms with Crippen LogP contribution in [0.2, 0.25) is 0 Å². The first-order valence-electron chi connectivity index (χ1n) is 12.3. The fraction of sp³-hybridized carbons (Fsp3) is 0.257. The van der Waals surface area contributed by atoms with E-state index in [2.05, 4.69) is 178 Å². The molecule has 0 aliphatic carbocycles. The lowest BCUT2D eigenvalue weighted by molar-refractivity contribution is 1.39. The van der Waals surface area contributed by atoms with Crippen molar-refractivity contribution < 1.29 is 0 Å². The van der Waals surface area contributed by atoms with Crippen LogP contribution in [0.4, 0.5) is 0 Å². The number of rotatable bonds is 12. The summed E-state index contributed by atoms with van der Waals surface area (Å²) in [6.07, 6.45) is 40.0. The average molecular weight is 467 g/mol. The molecule has 35 heavy (non-hydrogen) atoms. The Morgan fingerprint density at radius 1 is 0.257 bits per heavy atom. The Labute approximate surface area is 216 Å². The molecule has 0 aliphatic heterocycles. The molecule has 0 saturated heterocycles. The van der Waals surface area contributed by atoms with Crippen molar-refractivity contribution in [3.63, 3.8) is 0 Å². The number of hydrogen-bond donors (Lipinski definition) is 0. The second-order valence-corrected chi connectivity index (χ2v) is 9.22. The van der Waals surface area contributed by atoms with E-state index in [0.29, 0.717) is 0 Å². The fourth-order valence-corrected chi connectivity index (χ4v) is 2.53. The molecule has 0 amide bonds. The second kappa shape index (κ2) is 20.0. The molecule has 0 radical (unpaired) electrons. The van der Waals surface area contributed by atoms with Gasteiger partial charge >= 0.3 is 0 Å². The van der Waals surface area contributed by atoms with Crippen molar-refractivity contribution in [2.45, 2.75) is 62.3 Å². The monoisotopic (exact) mass is 466 g/mol. The van der Waals surface area contributed by atoms with Crippen molar-refractivity contribution in [1.82, 2.24) is 0 Å². The quantitative estimate of drug-likeness (QED) is 0.251. The molecule has 0 aromatic rings. The van der Waals surface area contributed by atoms with Gasteiger partial charge in [-0.05, 0) is 62.3 Å². The van der Waals surface area contributed by atoms with Gasteiger partial charge in [0.25, 0.3) is 0 Å². The van der Waals surface area contributed by atoms with Crippen LogP contribution in [0.5, 0.6) is 0 Å². The van der Waals surface area contributed by atoms with E-state index in [1.54, 1.807) is 0 Å². The first-order valence-corrected chi connectivity index (χ1v) is 12.3. The van der Waals surface area contributed by atoms with Gasteiger partial charge in [0.05, 0.1) is 0 Å². The molecule has 0 aliphatic rings. The van der Waals surface area contributed by atoms with E-state index in [0.717, 1.165) is 0 Å². The maximum atomic E-state index is 2.12. The van der Waals surface area contributed by atoms with Gasteiger partial charge in [-0.3, -0.25) is 0 Å². The van der Waals surface area contributed by atoms with Crippen molar-refractivity contribution in [2.75, 3.05) is 0 Å². The summed E-state index contributed by atoms with van der Waals surface area (Å²) in [7, 11) is 0. The highest BCUT2D eigenvalue weighted by atomic mass is 13.9. The zero-order valence-corrected chi connectivity index (χ0v) is 23.5. The molecule has 0 unspecified atom stereocenters. The average Bonchev–Trinajstić information content (AvgIpc) is 2.76.